The van der Waals surface area contributed by atoms with Crippen LogP contribution in [0.4, 0.5) is 0 Å². The lowest BCUT2D eigenvalue weighted by Crippen LogP contribution is -2.37. The molecule has 4 rings (SSSR count). The molecular weight excluding hydrogens is 236 g/mol. The van der Waals surface area contributed by atoms with Crippen molar-refractivity contribution < 1.29 is 9.53 Å². The highest BCUT2D eigenvalue weighted by Crippen LogP contribution is 2.58. The predicted molar refractivity (Wildman–Crippen MR) is 73.7 cm³/mol. The van der Waals surface area contributed by atoms with Crippen LogP contribution in [-0.4, -0.2) is 12.9 Å². The van der Waals surface area contributed by atoms with Gasteiger partial charge in [-0.05, 0) is 49.3 Å². The van der Waals surface area contributed by atoms with Crippen LogP contribution in [0.1, 0.15) is 48.0 Å². The average Bonchev–Trinajstić information content (AvgIpc) is 3.04. The minimum atomic E-state index is 0.250. The number of carbonyl (C=O) groups is 1. The van der Waals surface area contributed by atoms with E-state index in [2.05, 4.69) is 12.1 Å². The molecule has 0 N–H and O–H groups in total. The summed E-state index contributed by atoms with van der Waals surface area (Å²) in [6.45, 7) is 0. The number of methoxy groups -OCH3 is 1. The summed E-state index contributed by atoms with van der Waals surface area (Å²) in [6.07, 6.45) is 7.77. The standard InChI is InChI=1S/C17H18O2/c1-19-13-4-5-15-14(9-13)16(18)6-7-17(15)10-11-2-3-12(17)8-11/h2,4-5,9,12H,3,6-8,10H2,1H3. The van der Waals surface area contributed by atoms with Gasteiger partial charge >= 0.3 is 0 Å². The van der Waals surface area contributed by atoms with E-state index in [-0.39, 0.29) is 11.2 Å². The summed E-state index contributed by atoms with van der Waals surface area (Å²) in [6, 6.07) is 6.10. The van der Waals surface area contributed by atoms with Crippen LogP contribution in [0, 0.1) is 5.92 Å². The number of allylic oxidation sites excluding steroid dienone is 2. The largest absolute Gasteiger partial charge is 0.497 e. The minimum Gasteiger partial charge on any atom is -0.497 e. The zero-order valence-corrected chi connectivity index (χ0v) is 11.2. The summed E-state index contributed by atoms with van der Waals surface area (Å²) in [5.74, 6) is 1.81. The Kier molecular flexibility index (Phi) is 2.21. The van der Waals surface area contributed by atoms with Crippen LogP contribution in [0.5, 0.6) is 5.75 Å². The van der Waals surface area contributed by atoms with Crippen molar-refractivity contribution in [1.82, 2.24) is 0 Å². The Balaban J connectivity index is 1.88. The van der Waals surface area contributed by atoms with Gasteiger partial charge in [0.2, 0.25) is 0 Å². The number of fused-ring (bicyclic) bond motifs is 5. The second-order valence-corrected chi connectivity index (χ2v) is 6.17. The Morgan fingerprint density at radius 1 is 1.37 bits per heavy atom. The Bertz CT molecular complexity index is 599. The molecule has 3 aliphatic carbocycles. The van der Waals surface area contributed by atoms with Crippen LogP contribution in [0.2, 0.25) is 0 Å². The number of rotatable bonds is 1. The third-order valence-corrected chi connectivity index (χ3v) is 5.39. The molecule has 2 atom stereocenters. The molecule has 2 bridgehead atoms. The van der Waals surface area contributed by atoms with Crippen LogP contribution >= 0.6 is 0 Å². The average molecular weight is 254 g/mol. The zero-order chi connectivity index (χ0) is 13.0. The molecule has 1 aromatic rings. The monoisotopic (exact) mass is 254 g/mol. The van der Waals surface area contributed by atoms with Gasteiger partial charge in [-0.1, -0.05) is 17.7 Å². The topological polar surface area (TPSA) is 26.3 Å². The molecule has 0 saturated heterocycles. The van der Waals surface area contributed by atoms with Gasteiger partial charge in [-0.2, -0.15) is 0 Å². The Hall–Kier alpha value is -1.57. The fourth-order valence-corrected chi connectivity index (χ4v) is 4.44. The summed E-state index contributed by atoms with van der Waals surface area (Å²) in [5, 5.41) is 0. The first-order valence-electron chi connectivity index (χ1n) is 7.12. The highest BCUT2D eigenvalue weighted by Gasteiger charge is 2.51. The van der Waals surface area contributed by atoms with Crippen LogP contribution in [0.15, 0.2) is 29.8 Å². The van der Waals surface area contributed by atoms with Crippen molar-refractivity contribution in [2.24, 2.45) is 5.92 Å². The normalized spacial score (nSPS) is 31.5. The van der Waals surface area contributed by atoms with Gasteiger partial charge in [0.25, 0.3) is 0 Å². The van der Waals surface area contributed by atoms with E-state index >= 15 is 0 Å². The van der Waals surface area contributed by atoms with Crippen molar-refractivity contribution in [2.75, 3.05) is 7.11 Å². The molecule has 0 radical (unpaired) electrons. The van der Waals surface area contributed by atoms with Crippen molar-refractivity contribution in [2.45, 2.75) is 37.5 Å². The van der Waals surface area contributed by atoms with Crippen LogP contribution in [0.25, 0.3) is 0 Å². The van der Waals surface area contributed by atoms with Gasteiger partial charge in [0, 0.05) is 17.4 Å². The fourth-order valence-electron chi connectivity index (χ4n) is 4.44. The van der Waals surface area contributed by atoms with E-state index in [4.69, 9.17) is 4.74 Å². The summed E-state index contributed by atoms with van der Waals surface area (Å²) in [4.78, 5) is 12.2. The van der Waals surface area contributed by atoms with E-state index in [0.717, 1.165) is 23.7 Å². The Morgan fingerprint density at radius 2 is 2.26 bits per heavy atom. The number of carbonyl (C=O) groups excluding carboxylic acids is 1. The quantitative estimate of drug-likeness (QED) is 0.715. The number of ketones is 1. The first-order valence-corrected chi connectivity index (χ1v) is 7.12. The molecule has 0 heterocycles. The molecule has 0 aromatic heterocycles. The third kappa shape index (κ3) is 1.40. The highest BCUT2D eigenvalue weighted by atomic mass is 16.5. The first-order chi connectivity index (χ1) is 9.23. The van der Waals surface area contributed by atoms with E-state index in [1.807, 2.05) is 12.1 Å². The molecule has 19 heavy (non-hydrogen) atoms. The van der Waals surface area contributed by atoms with E-state index < -0.39 is 0 Å². The van der Waals surface area contributed by atoms with Crippen molar-refractivity contribution in [1.29, 1.82) is 0 Å². The summed E-state index contributed by atoms with van der Waals surface area (Å²) in [5.41, 5.74) is 4.07. The fraction of sp³-hybridized carbons (Fsp3) is 0.471. The second-order valence-electron chi connectivity index (χ2n) is 6.17. The molecular formula is C17H18O2. The minimum absolute atomic E-state index is 0.250. The van der Waals surface area contributed by atoms with E-state index in [1.165, 1.54) is 24.8 Å². The maximum Gasteiger partial charge on any atom is 0.163 e. The van der Waals surface area contributed by atoms with Gasteiger partial charge < -0.3 is 4.74 Å². The first kappa shape index (κ1) is 11.3. The molecule has 1 spiro atoms. The lowest BCUT2D eigenvalue weighted by molar-refractivity contribution is 0.0939. The molecule has 1 fully saturated rings. The van der Waals surface area contributed by atoms with E-state index in [0.29, 0.717) is 6.42 Å². The molecule has 2 heteroatoms. The number of ether oxygens (including phenoxy) is 1. The summed E-state index contributed by atoms with van der Waals surface area (Å²) in [7, 11) is 1.66. The van der Waals surface area contributed by atoms with E-state index in [1.54, 1.807) is 12.7 Å². The maximum atomic E-state index is 12.2. The molecule has 1 saturated carbocycles. The summed E-state index contributed by atoms with van der Waals surface area (Å²) < 4.78 is 5.28. The van der Waals surface area contributed by atoms with Crippen LogP contribution in [-0.2, 0) is 5.41 Å². The molecule has 2 nitrogen and oxygen atoms in total. The van der Waals surface area contributed by atoms with Crippen molar-refractivity contribution in [3.63, 3.8) is 0 Å². The van der Waals surface area contributed by atoms with Crippen LogP contribution in [0.3, 0.4) is 0 Å². The van der Waals surface area contributed by atoms with Gasteiger partial charge in [-0.15, -0.1) is 0 Å². The molecule has 0 aliphatic heterocycles. The maximum absolute atomic E-state index is 12.2. The number of hydrogen-bond donors (Lipinski definition) is 0. The molecule has 1 aromatic carbocycles. The van der Waals surface area contributed by atoms with Crippen molar-refractivity contribution in [3.05, 3.63) is 41.0 Å². The number of Topliss-reactive ketones (excluding diaryl/α,β-unsaturated/α-hetero) is 1. The van der Waals surface area contributed by atoms with Gasteiger partial charge in [0.05, 0.1) is 7.11 Å². The van der Waals surface area contributed by atoms with Gasteiger partial charge in [-0.3, -0.25) is 4.79 Å². The highest BCUT2D eigenvalue weighted by molar-refractivity contribution is 5.99. The Labute approximate surface area is 113 Å². The third-order valence-electron chi connectivity index (χ3n) is 5.39. The van der Waals surface area contributed by atoms with Crippen molar-refractivity contribution >= 4 is 5.78 Å². The molecule has 0 amide bonds. The zero-order valence-electron chi connectivity index (χ0n) is 11.2. The molecule has 98 valence electrons. The smallest absolute Gasteiger partial charge is 0.163 e. The van der Waals surface area contributed by atoms with Gasteiger partial charge in [-0.25, -0.2) is 0 Å². The Morgan fingerprint density at radius 3 is 2.95 bits per heavy atom. The van der Waals surface area contributed by atoms with Crippen molar-refractivity contribution in [3.8, 4) is 5.75 Å². The van der Waals surface area contributed by atoms with E-state index in [9.17, 15) is 4.79 Å². The number of benzene rings is 1. The SMILES string of the molecule is COc1ccc2c(c1)C(=O)CCC21CC2=CCC1C2. The lowest BCUT2D eigenvalue weighted by Gasteiger charge is -2.41. The summed E-state index contributed by atoms with van der Waals surface area (Å²) >= 11 is 0. The molecule has 2 unspecified atom stereocenters. The van der Waals surface area contributed by atoms with Gasteiger partial charge in [0.15, 0.2) is 5.78 Å². The number of hydrogen-bond acceptors (Lipinski definition) is 2. The second kappa shape index (κ2) is 3.72. The lowest BCUT2D eigenvalue weighted by atomic mass is 9.62. The van der Waals surface area contributed by atoms with Crippen LogP contribution < -0.4 is 4.74 Å². The van der Waals surface area contributed by atoms with Gasteiger partial charge in [0.1, 0.15) is 5.75 Å². The molecule has 3 aliphatic rings. The predicted octanol–water partition coefficient (Wildman–Crippen LogP) is 3.65.